The summed E-state index contributed by atoms with van der Waals surface area (Å²) in [6.07, 6.45) is 0. The van der Waals surface area contributed by atoms with Crippen molar-refractivity contribution in [2.24, 2.45) is 0 Å². The van der Waals surface area contributed by atoms with Gasteiger partial charge in [-0.25, -0.2) is 8.42 Å². The lowest BCUT2D eigenvalue weighted by Crippen LogP contribution is -2.41. The topological polar surface area (TPSA) is 119 Å². The molecule has 1 heterocycles. The highest BCUT2D eigenvalue weighted by molar-refractivity contribution is 7.88. The number of carbonyl (C=O) groups is 1. The average molecular weight is 433 g/mol. The molecule has 0 atom stereocenters. The predicted octanol–water partition coefficient (Wildman–Crippen LogP) is 2.00. The maximum absolute atomic E-state index is 12.7. The number of aryl methyl sites for hydroxylation is 1. The summed E-state index contributed by atoms with van der Waals surface area (Å²) in [5.41, 5.74) is 1.96. The number of nitrogens with one attached hydrogen (secondary N) is 1. The summed E-state index contributed by atoms with van der Waals surface area (Å²) in [5.74, 6) is -0.547. The highest BCUT2D eigenvalue weighted by Gasteiger charge is 2.25. The minimum absolute atomic E-state index is 0.0507. The van der Waals surface area contributed by atoms with Gasteiger partial charge in [0.2, 0.25) is 10.0 Å². The van der Waals surface area contributed by atoms with Crippen molar-refractivity contribution in [3.63, 3.8) is 0 Å². The molecule has 1 aliphatic heterocycles. The lowest BCUT2D eigenvalue weighted by Gasteiger charge is -2.26. The zero-order valence-electron chi connectivity index (χ0n) is 16.5. The van der Waals surface area contributed by atoms with Crippen LogP contribution in [0.15, 0.2) is 42.5 Å². The van der Waals surface area contributed by atoms with Crippen LogP contribution in [0.2, 0.25) is 0 Å². The van der Waals surface area contributed by atoms with E-state index in [1.807, 2.05) is 0 Å². The Balaban J connectivity index is 1.70. The molecule has 0 bridgehead atoms. The molecular weight excluding hydrogens is 410 g/mol. The molecule has 0 radical (unpaired) electrons. The number of nitro groups is 1. The van der Waals surface area contributed by atoms with Crippen LogP contribution in [0.4, 0.5) is 5.69 Å². The molecular formula is C20H23N3O6S. The molecule has 0 aliphatic carbocycles. The van der Waals surface area contributed by atoms with E-state index in [0.29, 0.717) is 48.6 Å². The summed E-state index contributed by atoms with van der Waals surface area (Å²) >= 11 is 0. The summed E-state index contributed by atoms with van der Waals surface area (Å²) in [5, 5.41) is 13.7. The number of benzene rings is 2. The van der Waals surface area contributed by atoms with Crippen molar-refractivity contribution in [1.29, 1.82) is 0 Å². The Morgan fingerprint density at radius 3 is 2.47 bits per heavy atom. The molecule has 30 heavy (non-hydrogen) atoms. The van der Waals surface area contributed by atoms with Crippen LogP contribution in [0.3, 0.4) is 0 Å². The monoisotopic (exact) mass is 433 g/mol. The number of nitrogens with zero attached hydrogens (tertiary/aromatic N) is 2. The molecule has 0 unspecified atom stereocenters. The van der Waals surface area contributed by atoms with E-state index in [1.165, 1.54) is 22.5 Å². The number of nitro benzene ring substituents is 1. The first-order chi connectivity index (χ1) is 14.3. The molecule has 10 heteroatoms. The van der Waals surface area contributed by atoms with Gasteiger partial charge in [-0.3, -0.25) is 14.9 Å². The van der Waals surface area contributed by atoms with Crippen LogP contribution >= 0.6 is 0 Å². The quantitative estimate of drug-likeness (QED) is 0.527. The molecule has 0 aromatic heterocycles. The fraction of sp³-hybridized carbons (Fsp3) is 0.350. The largest absolute Gasteiger partial charge is 0.379 e. The highest BCUT2D eigenvalue weighted by atomic mass is 32.2. The van der Waals surface area contributed by atoms with E-state index in [9.17, 15) is 23.3 Å². The Bertz CT molecular complexity index is 1050. The lowest BCUT2D eigenvalue weighted by atomic mass is 10.1. The van der Waals surface area contributed by atoms with Gasteiger partial charge in [-0.05, 0) is 30.2 Å². The van der Waals surface area contributed by atoms with Crippen LogP contribution in [0.1, 0.15) is 27.0 Å². The third-order valence-corrected chi connectivity index (χ3v) is 6.74. The molecule has 2 aromatic rings. The van der Waals surface area contributed by atoms with Crippen LogP contribution < -0.4 is 5.32 Å². The van der Waals surface area contributed by atoms with Crippen molar-refractivity contribution in [2.45, 2.75) is 19.2 Å². The normalized spacial score (nSPS) is 15.0. The Morgan fingerprint density at radius 2 is 1.83 bits per heavy atom. The first-order valence-corrected chi connectivity index (χ1v) is 11.0. The number of sulfonamides is 1. The van der Waals surface area contributed by atoms with Crippen LogP contribution in [0.5, 0.6) is 0 Å². The van der Waals surface area contributed by atoms with Crippen LogP contribution in [-0.4, -0.2) is 49.9 Å². The van der Waals surface area contributed by atoms with Crippen molar-refractivity contribution in [2.75, 3.05) is 26.3 Å². The van der Waals surface area contributed by atoms with E-state index in [1.54, 1.807) is 31.2 Å². The summed E-state index contributed by atoms with van der Waals surface area (Å²) in [7, 11) is -3.49. The molecule has 1 fully saturated rings. The van der Waals surface area contributed by atoms with E-state index < -0.39 is 14.9 Å². The number of amides is 1. The molecule has 0 saturated carbocycles. The van der Waals surface area contributed by atoms with Gasteiger partial charge in [0.25, 0.3) is 11.6 Å². The molecule has 9 nitrogen and oxygen atoms in total. The van der Waals surface area contributed by atoms with Gasteiger partial charge in [-0.15, -0.1) is 0 Å². The predicted molar refractivity (Wildman–Crippen MR) is 110 cm³/mol. The highest BCUT2D eigenvalue weighted by Crippen LogP contribution is 2.20. The first kappa shape index (κ1) is 21.9. The van der Waals surface area contributed by atoms with Crippen molar-refractivity contribution in [1.82, 2.24) is 9.62 Å². The molecule has 160 valence electrons. The van der Waals surface area contributed by atoms with E-state index in [-0.39, 0.29) is 23.9 Å². The minimum atomic E-state index is -3.49. The Kier molecular flexibility index (Phi) is 6.80. The molecule has 1 N–H and O–H groups in total. The Labute approximate surface area is 174 Å². The van der Waals surface area contributed by atoms with Gasteiger partial charge in [0.1, 0.15) is 0 Å². The second kappa shape index (κ2) is 9.33. The summed E-state index contributed by atoms with van der Waals surface area (Å²) in [6.45, 7) is 3.14. The Morgan fingerprint density at radius 1 is 1.17 bits per heavy atom. The van der Waals surface area contributed by atoms with Gasteiger partial charge in [0.05, 0.1) is 23.9 Å². The van der Waals surface area contributed by atoms with E-state index in [0.717, 1.165) is 0 Å². The van der Waals surface area contributed by atoms with Crippen molar-refractivity contribution >= 4 is 21.6 Å². The zero-order chi connectivity index (χ0) is 21.7. The lowest BCUT2D eigenvalue weighted by molar-refractivity contribution is -0.385. The second-order valence-electron chi connectivity index (χ2n) is 6.98. The second-order valence-corrected chi connectivity index (χ2v) is 8.95. The Hall–Kier alpha value is -2.82. The number of carbonyl (C=O) groups excluding carboxylic acids is 1. The van der Waals surface area contributed by atoms with Gasteiger partial charge in [-0.2, -0.15) is 4.31 Å². The van der Waals surface area contributed by atoms with Crippen LogP contribution in [0, 0.1) is 17.0 Å². The van der Waals surface area contributed by atoms with Crippen molar-refractivity contribution in [3.8, 4) is 0 Å². The number of morpholine rings is 1. The number of hydrogen-bond donors (Lipinski definition) is 1. The van der Waals surface area contributed by atoms with Crippen LogP contribution in [-0.2, 0) is 27.1 Å². The van der Waals surface area contributed by atoms with Crippen molar-refractivity contribution in [3.05, 3.63) is 74.8 Å². The average Bonchev–Trinajstić information content (AvgIpc) is 2.73. The number of ether oxygens (including phenoxy) is 1. The number of hydrogen-bond acceptors (Lipinski definition) is 6. The van der Waals surface area contributed by atoms with Gasteiger partial charge in [0.15, 0.2) is 0 Å². The summed E-state index contributed by atoms with van der Waals surface area (Å²) in [6, 6.07) is 11.2. The fourth-order valence-corrected chi connectivity index (χ4v) is 4.83. The molecule has 3 rings (SSSR count). The maximum Gasteiger partial charge on any atom is 0.272 e. The van der Waals surface area contributed by atoms with E-state index >= 15 is 0 Å². The smallest absolute Gasteiger partial charge is 0.272 e. The van der Waals surface area contributed by atoms with Crippen LogP contribution in [0.25, 0.3) is 0 Å². The number of rotatable bonds is 7. The maximum atomic E-state index is 12.7. The third kappa shape index (κ3) is 5.21. The molecule has 1 aliphatic rings. The third-order valence-electron chi connectivity index (χ3n) is 4.91. The summed E-state index contributed by atoms with van der Waals surface area (Å²) < 4.78 is 32.1. The standard InChI is InChI=1S/C20H23N3O6S/c1-15-12-16(6-7-19(15)23(25)26)20(24)21-13-17-4-2-3-5-18(17)14-30(27,28)22-8-10-29-11-9-22/h2-7,12H,8-11,13-14H2,1H3,(H,21,24). The van der Waals surface area contributed by atoms with Gasteiger partial charge in [-0.1, -0.05) is 24.3 Å². The van der Waals surface area contributed by atoms with Crippen molar-refractivity contribution < 1.29 is 22.9 Å². The summed E-state index contributed by atoms with van der Waals surface area (Å²) in [4.78, 5) is 22.9. The zero-order valence-corrected chi connectivity index (χ0v) is 17.4. The minimum Gasteiger partial charge on any atom is -0.379 e. The van der Waals surface area contributed by atoms with Gasteiger partial charge in [0, 0.05) is 36.8 Å². The van der Waals surface area contributed by atoms with Gasteiger partial charge >= 0.3 is 0 Å². The molecule has 0 spiro atoms. The fourth-order valence-electron chi connectivity index (χ4n) is 3.26. The molecule has 2 aromatic carbocycles. The molecule has 1 amide bonds. The van der Waals surface area contributed by atoms with Gasteiger partial charge < -0.3 is 10.1 Å². The molecule has 1 saturated heterocycles. The first-order valence-electron chi connectivity index (χ1n) is 9.43. The van der Waals surface area contributed by atoms with E-state index in [2.05, 4.69) is 5.32 Å². The SMILES string of the molecule is Cc1cc(C(=O)NCc2ccccc2CS(=O)(=O)N2CCOCC2)ccc1[N+](=O)[O-]. The van der Waals surface area contributed by atoms with E-state index in [4.69, 9.17) is 4.74 Å².